The number of anilines is 1. The first-order chi connectivity index (χ1) is 10.1. The molecule has 6 heteroatoms. The van der Waals surface area contributed by atoms with Crippen LogP contribution in [0, 0.1) is 5.82 Å². The van der Waals surface area contributed by atoms with Gasteiger partial charge >= 0.3 is 128 Å². The normalized spacial score (nSPS) is 15.3. The van der Waals surface area contributed by atoms with Crippen molar-refractivity contribution < 1.29 is 4.39 Å². The molecule has 0 radical (unpaired) electrons. The Bertz CT molecular complexity index is 613. The number of nitrogens with zero attached hydrogens (tertiary/aromatic N) is 4. The van der Waals surface area contributed by atoms with Crippen LogP contribution in [0.5, 0.6) is 0 Å². The zero-order chi connectivity index (χ0) is 14.8. The number of likely N-dealkylation sites (N-methyl/N-ethyl adjacent to an activating group) is 1. The predicted molar refractivity (Wildman–Crippen MR) is 84.1 cm³/mol. The van der Waals surface area contributed by atoms with E-state index in [0.717, 1.165) is 35.6 Å². The minimum atomic E-state index is -0.183. The van der Waals surface area contributed by atoms with Crippen LogP contribution >= 0.6 is 0 Å². The minimum absolute atomic E-state index is 0.183. The fourth-order valence-electron chi connectivity index (χ4n) is 2.47. The number of hydrogen-bond acceptors (Lipinski definition) is 4. The Labute approximate surface area is 132 Å². The van der Waals surface area contributed by atoms with E-state index in [9.17, 15) is 4.39 Å². The maximum atomic E-state index is 12.9. The molecule has 3 rings (SSSR count). The molecule has 1 atom stereocenters. The van der Waals surface area contributed by atoms with Crippen LogP contribution in [0.2, 0.25) is 0 Å². The van der Waals surface area contributed by atoms with E-state index in [-0.39, 0.29) is 5.82 Å². The van der Waals surface area contributed by atoms with Crippen molar-refractivity contribution in [1.82, 2.24) is 14.9 Å². The molecule has 2 aromatic rings. The van der Waals surface area contributed by atoms with Crippen molar-refractivity contribution in [1.29, 1.82) is 0 Å². The van der Waals surface area contributed by atoms with E-state index in [4.69, 9.17) is 0 Å². The van der Waals surface area contributed by atoms with Gasteiger partial charge in [0.1, 0.15) is 0 Å². The van der Waals surface area contributed by atoms with Crippen LogP contribution in [0.4, 0.5) is 10.2 Å². The van der Waals surface area contributed by atoms with E-state index in [1.54, 1.807) is 0 Å². The van der Waals surface area contributed by atoms with Gasteiger partial charge in [0.25, 0.3) is 0 Å². The van der Waals surface area contributed by atoms with Gasteiger partial charge in [-0.3, -0.25) is 0 Å². The summed E-state index contributed by atoms with van der Waals surface area (Å²) in [5, 5.41) is 0. The molecule has 0 saturated carbocycles. The summed E-state index contributed by atoms with van der Waals surface area (Å²) >= 11 is 1.44. The zero-order valence-corrected chi connectivity index (χ0v) is 14.3. The van der Waals surface area contributed by atoms with Crippen LogP contribution < -0.4 is 9.51 Å². The first-order valence-corrected chi connectivity index (χ1v) is 8.11. The fraction of sp³-hybridized carbons (Fsp3) is 0.333. The topological polar surface area (TPSA) is 32.3 Å². The van der Waals surface area contributed by atoms with Gasteiger partial charge in [0.2, 0.25) is 0 Å². The number of benzene rings is 1. The molecule has 0 spiro atoms. The third-order valence-corrected chi connectivity index (χ3v) is 4.40. The molecule has 4 nitrogen and oxygen atoms in total. The van der Waals surface area contributed by atoms with Crippen LogP contribution in [0.1, 0.15) is 5.56 Å². The molecular weight excluding hydrogens is 330 g/mol. The standard InChI is InChI=1S/C15H18AsFN4/c1-20(8-11-2-4-12(17)5-3-11)13-9-21(10-13)14-6-7-18-15(16)19-14/h2-7,13H,8-10,16H2,1H3. The molecule has 0 aliphatic carbocycles. The summed E-state index contributed by atoms with van der Waals surface area (Å²) in [6, 6.07) is 9.19. The summed E-state index contributed by atoms with van der Waals surface area (Å²) in [4.78, 5) is 13.2. The third kappa shape index (κ3) is 3.42. The molecule has 1 unspecified atom stereocenters. The van der Waals surface area contributed by atoms with Crippen molar-refractivity contribution >= 4 is 27.3 Å². The van der Waals surface area contributed by atoms with Crippen LogP contribution in [-0.2, 0) is 6.54 Å². The Kier molecular flexibility index (Phi) is 4.22. The number of aromatic nitrogens is 2. The van der Waals surface area contributed by atoms with Crippen molar-refractivity contribution in [3.63, 3.8) is 0 Å². The van der Waals surface area contributed by atoms with Crippen molar-refractivity contribution in [2.45, 2.75) is 12.6 Å². The van der Waals surface area contributed by atoms with Crippen molar-refractivity contribution in [2.75, 3.05) is 25.0 Å². The molecule has 1 aliphatic rings. The summed E-state index contributed by atoms with van der Waals surface area (Å²) in [7, 11) is 2.11. The molecule has 1 aromatic carbocycles. The number of rotatable bonds is 4. The average Bonchev–Trinajstić information content (AvgIpc) is 2.40. The second-order valence-electron chi connectivity index (χ2n) is 5.37. The molecule has 1 fully saturated rings. The van der Waals surface area contributed by atoms with Crippen molar-refractivity contribution in [2.24, 2.45) is 0 Å². The molecule has 0 amide bonds. The summed E-state index contributed by atoms with van der Waals surface area (Å²) < 4.78 is 13.8. The molecule has 21 heavy (non-hydrogen) atoms. The summed E-state index contributed by atoms with van der Waals surface area (Å²) in [6.07, 6.45) is 1.81. The molecule has 0 N–H and O–H groups in total. The fourth-order valence-corrected chi connectivity index (χ4v) is 2.93. The van der Waals surface area contributed by atoms with E-state index < -0.39 is 0 Å². The van der Waals surface area contributed by atoms with Crippen molar-refractivity contribution in [3.05, 3.63) is 47.9 Å². The van der Waals surface area contributed by atoms with Gasteiger partial charge in [0, 0.05) is 0 Å². The average molecular weight is 348 g/mol. The number of halogens is 1. The predicted octanol–water partition coefficient (Wildman–Crippen LogP) is 0.195. The molecule has 110 valence electrons. The molecule has 0 bridgehead atoms. The van der Waals surface area contributed by atoms with Gasteiger partial charge in [0.15, 0.2) is 0 Å². The zero-order valence-electron chi connectivity index (χ0n) is 11.9. The van der Waals surface area contributed by atoms with E-state index in [1.165, 1.54) is 29.0 Å². The van der Waals surface area contributed by atoms with Gasteiger partial charge in [-0.2, -0.15) is 0 Å². The van der Waals surface area contributed by atoms with Gasteiger partial charge in [-0.15, -0.1) is 0 Å². The Morgan fingerprint density at radius 3 is 2.67 bits per heavy atom. The number of hydrogen-bond donors (Lipinski definition) is 0. The second kappa shape index (κ2) is 6.12. The quantitative estimate of drug-likeness (QED) is 0.739. The Balaban J connectivity index is 1.54. The summed E-state index contributed by atoms with van der Waals surface area (Å²) in [6.45, 7) is 2.78. The van der Waals surface area contributed by atoms with Gasteiger partial charge in [-0.05, 0) is 0 Å². The maximum absolute atomic E-state index is 12.9. The van der Waals surface area contributed by atoms with E-state index in [1.807, 2.05) is 24.4 Å². The van der Waals surface area contributed by atoms with Crippen LogP contribution in [0.25, 0.3) is 0 Å². The van der Waals surface area contributed by atoms with Crippen molar-refractivity contribution in [3.8, 4) is 0 Å². The Hall–Kier alpha value is -1.45. The molecule has 1 aliphatic heterocycles. The SMILES string of the molecule is CN(Cc1ccc(F)cc1)C1CN(c2ccnc([AsH2])n2)C1. The second-order valence-corrected chi connectivity index (χ2v) is 6.46. The van der Waals surface area contributed by atoms with E-state index >= 15 is 0 Å². The van der Waals surface area contributed by atoms with Gasteiger partial charge < -0.3 is 0 Å². The van der Waals surface area contributed by atoms with Crippen LogP contribution in [-0.4, -0.2) is 57.9 Å². The van der Waals surface area contributed by atoms with Gasteiger partial charge in [-0.1, -0.05) is 0 Å². The first kappa shape index (κ1) is 14.5. The Morgan fingerprint density at radius 1 is 1.29 bits per heavy atom. The third-order valence-electron chi connectivity index (χ3n) is 3.81. The monoisotopic (exact) mass is 348 g/mol. The van der Waals surface area contributed by atoms with Crippen LogP contribution in [0.15, 0.2) is 36.5 Å². The van der Waals surface area contributed by atoms with Gasteiger partial charge in [0.05, 0.1) is 0 Å². The molecular formula is C15H18AsFN4. The summed E-state index contributed by atoms with van der Waals surface area (Å²) in [5.74, 6) is 0.827. The van der Waals surface area contributed by atoms with Gasteiger partial charge in [-0.25, -0.2) is 4.39 Å². The first-order valence-electron chi connectivity index (χ1n) is 6.90. The summed E-state index contributed by atoms with van der Waals surface area (Å²) in [5.41, 5.74) is 1.14. The Morgan fingerprint density at radius 2 is 2.00 bits per heavy atom. The van der Waals surface area contributed by atoms with E-state index in [0.29, 0.717) is 6.04 Å². The molecule has 2 heterocycles. The van der Waals surface area contributed by atoms with Crippen LogP contribution in [0.3, 0.4) is 0 Å². The molecule has 1 aromatic heterocycles. The molecule has 1 saturated heterocycles. The van der Waals surface area contributed by atoms with E-state index in [2.05, 4.69) is 26.8 Å².